The van der Waals surface area contributed by atoms with Crippen molar-refractivity contribution in [2.75, 3.05) is 14.1 Å². The average molecular weight is 412 g/mol. The summed E-state index contributed by atoms with van der Waals surface area (Å²) in [5.41, 5.74) is 3.67. The van der Waals surface area contributed by atoms with Crippen LogP contribution in [0.15, 0.2) is 39.8 Å². The highest BCUT2D eigenvalue weighted by molar-refractivity contribution is 5.79. The van der Waals surface area contributed by atoms with Gasteiger partial charge in [0.25, 0.3) is 0 Å². The molecule has 0 spiro atoms. The summed E-state index contributed by atoms with van der Waals surface area (Å²) >= 11 is 0. The molecular weight excluding hydrogens is 374 g/mol. The maximum Gasteiger partial charge on any atom is 0.191 e. The SMILES string of the molecule is CN=C(NCc1cc(C(C)C)no1)NCc1ccccc1CN(C)C1CCCCC1. The van der Waals surface area contributed by atoms with Crippen molar-refractivity contribution in [1.82, 2.24) is 20.7 Å². The summed E-state index contributed by atoms with van der Waals surface area (Å²) in [4.78, 5) is 6.88. The summed E-state index contributed by atoms with van der Waals surface area (Å²) < 4.78 is 5.40. The second kappa shape index (κ2) is 11.2. The average Bonchev–Trinajstić information content (AvgIpc) is 3.25. The molecule has 1 fully saturated rings. The van der Waals surface area contributed by atoms with Gasteiger partial charge in [-0.1, -0.05) is 62.5 Å². The molecule has 6 nitrogen and oxygen atoms in total. The summed E-state index contributed by atoms with van der Waals surface area (Å²) in [6.45, 7) is 6.51. The van der Waals surface area contributed by atoms with Crippen molar-refractivity contribution >= 4 is 5.96 Å². The third kappa shape index (κ3) is 6.33. The molecule has 3 rings (SSSR count). The van der Waals surface area contributed by atoms with E-state index in [1.165, 1.54) is 43.2 Å². The van der Waals surface area contributed by atoms with Gasteiger partial charge in [-0.05, 0) is 36.9 Å². The number of guanidine groups is 1. The lowest BCUT2D eigenvalue weighted by atomic mass is 9.94. The smallest absolute Gasteiger partial charge is 0.191 e. The van der Waals surface area contributed by atoms with Crippen LogP contribution in [0.5, 0.6) is 0 Å². The highest BCUT2D eigenvalue weighted by Gasteiger charge is 2.18. The van der Waals surface area contributed by atoms with Crippen LogP contribution < -0.4 is 10.6 Å². The number of benzene rings is 1. The zero-order chi connectivity index (χ0) is 21.3. The third-order valence-corrected chi connectivity index (χ3v) is 6.00. The number of hydrogen-bond acceptors (Lipinski definition) is 4. The number of nitrogens with zero attached hydrogens (tertiary/aromatic N) is 3. The number of rotatable bonds is 8. The second-order valence-corrected chi connectivity index (χ2v) is 8.63. The molecular formula is C24H37N5O. The van der Waals surface area contributed by atoms with Gasteiger partial charge in [-0.15, -0.1) is 0 Å². The molecule has 1 aliphatic carbocycles. The van der Waals surface area contributed by atoms with E-state index >= 15 is 0 Å². The Labute approximate surface area is 181 Å². The van der Waals surface area contributed by atoms with Crippen molar-refractivity contribution in [3.8, 4) is 0 Å². The Kier molecular flexibility index (Phi) is 8.31. The number of aromatic nitrogens is 1. The molecule has 0 bridgehead atoms. The van der Waals surface area contributed by atoms with Gasteiger partial charge in [-0.2, -0.15) is 0 Å². The van der Waals surface area contributed by atoms with Gasteiger partial charge < -0.3 is 15.2 Å². The highest BCUT2D eigenvalue weighted by atomic mass is 16.5. The molecule has 30 heavy (non-hydrogen) atoms. The van der Waals surface area contributed by atoms with E-state index in [4.69, 9.17) is 4.52 Å². The molecule has 0 aliphatic heterocycles. The molecule has 6 heteroatoms. The molecule has 0 saturated heterocycles. The molecule has 1 aromatic heterocycles. The van der Waals surface area contributed by atoms with Crippen LogP contribution in [-0.2, 0) is 19.6 Å². The Bertz CT molecular complexity index is 807. The monoisotopic (exact) mass is 411 g/mol. The van der Waals surface area contributed by atoms with Gasteiger partial charge in [0.15, 0.2) is 11.7 Å². The lowest BCUT2D eigenvalue weighted by Gasteiger charge is -2.31. The van der Waals surface area contributed by atoms with Gasteiger partial charge in [0, 0.05) is 32.2 Å². The van der Waals surface area contributed by atoms with Crippen LogP contribution in [0.3, 0.4) is 0 Å². The fourth-order valence-electron chi connectivity index (χ4n) is 4.06. The maximum absolute atomic E-state index is 5.40. The van der Waals surface area contributed by atoms with Crippen molar-refractivity contribution in [2.45, 2.75) is 77.5 Å². The molecule has 1 aromatic carbocycles. The summed E-state index contributed by atoms with van der Waals surface area (Å²) in [5.74, 6) is 1.94. The topological polar surface area (TPSA) is 65.7 Å². The zero-order valence-electron chi connectivity index (χ0n) is 18.9. The first-order valence-corrected chi connectivity index (χ1v) is 11.2. The molecule has 2 N–H and O–H groups in total. The number of hydrogen-bond donors (Lipinski definition) is 2. The van der Waals surface area contributed by atoms with Crippen molar-refractivity contribution in [2.24, 2.45) is 4.99 Å². The van der Waals surface area contributed by atoms with E-state index < -0.39 is 0 Å². The summed E-state index contributed by atoms with van der Waals surface area (Å²) in [6, 6.07) is 11.4. The van der Waals surface area contributed by atoms with Gasteiger partial charge in [-0.25, -0.2) is 0 Å². The van der Waals surface area contributed by atoms with Gasteiger partial charge in [-0.3, -0.25) is 9.89 Å². The Morgan fingerprint density at radius 3 is 2.50 bits per heavy atom. The third-order valence-electron chi connectivity index (χ3n) is 6.00. The Hall–Kier alpha value is -2.34. The van der Waals surface area contributed by atoms with E-state index in [9.17, 15) is 0 Å². The summed E-state index contributed by atoms with van der Waals surface area (Å²) in [7, 11) is 4.06. The lowest BCUT2D eigenvalue weighted by molar-refractivity contribution is 0.184. The van der Waals surface area contributed by atoms with Crippen molar-refractivity contribution < 1.29 is 4.52 Å². The van der Waals surface area contributed by atoms with Gasteiger partial charge in [0.2, 0.25) is 0 Å². The Balaban J connectivity index is 1.53. The van der Waals surface area contributed by atoms with E-state index in [0.29, 0.717) is 18.5 Å². The predicted molar refractivity (Wildman–Crippen MR) is 122 cm³/mol. The fraction of sp³-hybridized carbons (Fsp3) is 0.583. The molecule has 164 valence electrons. The first-order chi connectivity index (χ1) is 14.6. The highest BCUT2D eigenvalue weighted by Crippen LogP contribution is 2.23. The van der Waals surface area contributed by atoms with E-state index in [1.54, 1.807) is 7.05 Å². The quantitative estimate of drug-likeness (QED) is 0.497. The molecule has 0 unspecified atom stereocenters. The standard InChI is InChI=1S/C24H37N5O/c1-18(2)23-14-22(30-28-23)16-27-24(25-3)26-15-19-10-8-9-11-20(19)17-29(4)21-12-6-5-7-13-21/h8-11,14,18,21H,5-7,12-13,15-17H2,1-4H3,(H2,25,26,27). The first kappa shape index (κ1) is 22.3. The van der Waals surface area contributed by atoms with Crippen LogP contribution in [0.2, 0.25) is 0 Å². The van der Waals surface area contributed by atoms with Gasteiger partial charge >= 0.3 is 0 Å². The van der Waals surface area contributed by atoms with Gasteiger partial charge in [0.1, 0.15) is 0 Å². The fourth-order valence-corrected chi connectivity index (χ4v) is 4.06. The van der Waals surface area contributed by atoms with Crippen LogP contribution in [0.1, 0.15) is 74.5 Å². The number of nitrogens with one attached hydrogen (secondary N) is 2. The van der Waals surface area contributed by atoms with E-state index in [2.05, 4.69) is 70.8 Å². The summed E-state index contributed by atoms with van der Waals surface area (Å²) in [6.07, 6.45) is 6.78. The Morgan fingerprint density at radius 2 is 1.83 bits per heavy atom. The maximum atomic E-state index is 5.40. The molecule has 2 aromatic rings. The minimum absolute atomic E-state index is 0.364. The molecule has 0 radical (unpaired) electrons. The molecule has 1 saturated carbocycles. The molecule has 1 aliphatic rings. The number of aliphatic imine (C=N–C) groups is 1. The predicted octanol–water partition coefficient (Wildman–Crippen LogP) is 4.43. The molecule has 0 amide bonds. The van der Waals surface area contributed by atoms with E-state index in [0.717, 1.165) is 30.5 Å². The minimum Gasteiger partial charge on any atom is -0.359 e. The van der Waals surface area contributed by atoms with E-state index in [-0.39, 0.29) is 0 Å². The first-order valence-electron chi connectivity index (χ1n) is 11.2. The largest absolute Gasteiger partial charge is 0.359 e. The summed E-state index contributed by atoms with van der Waals surface area (Å²) in [5, 5.41) is 10.9. The lowest BCUT2D eigenvalue weighted by Crippen LogP contribution is -2.37. The van der Waals surface area contributed by atoms with E-state index in [1.807, 2.05) is 6.07 Å². The normalized spacial score (nSPS) is 15.7. The minimum atomic E-state index is 0.364. The van der Waals surface area contributed by atoms with Crippen molar-refractivity contribution in [1.29, 1.82) is 0 Å². The molecule has 1 heterocycles. The van der Waals surface area contributed by atoms with Crippen molar-refractivity contribution in [3.63, 3.8) is 0 Å². The van der Waals surface area contributed by atoms with Crippen LogP contribution in [0.25, 0.3) is 0 Å². The van der Waals surface area contributed by atoms with Crippen molar-refractivity contribution in [3.05, 3.63) is 52.9 Å². The second-order valence-electron chi connectivity index (χ2n) is 8.63. The van der Waals surface area contributed by atoms with Crippen LogP contribution >= 0.6 is 0 Å². The zero-order valence-corrected chi connectivity index (χ0v) is 18.9. The van der Waals surface area contributed by atoms with Crippen LogP contribution in [0.4, 0.5) is 0 Å². The van der Waals surface area contributed by atoms with Crippen LogP contribution in [-0.4, -0.2) is 36.2 Å². The Morgan fingerprint density at radius 1 is 1.13 bits per heavy atom. The van der Waals surface area contributed by atoms with Crippen LogP contribution in [0, 0.1) is 0 Å². The van der Waals surface area contributed by atoms with Gasteiger partial charge in [0.05, 0.1) is 12.2 Å². The molecule has 0 atom stereocenters.